The molecule has 1 N–H and O–H groups in total. The predicted octanol–water partition coefficient (Wildman–Crippen LogP) is 5.08. The second-order valence-corrected chi connectivity index (χ2v) is 6.96. The highest BCUT2D eigenvalue weighted by Crippen LogP contribution is 2.26. The largest absolute Gasteiger partial charge is 0.369 e. The van der Waals surface area contributed by atoms with E-state index in [0.717, 1.165) is 16.7 Å². The van der Waals surface area contributed by atoms with Crippen molar-refractivity contribution in [2.75, 3.05) is 16.8 Å². The summed E-state index contributed by atoms with van der Waals surface area (Å²) in [6.45, 7) is 3.40. The normalized spacial score (nSPS) is 17.8. The van der Waals surface area contributed by atoms with Gasteiger partial charge in [-0.25, -0.2) is 0 Å². The van der Waals surface area contributed by atoms with E-state index in [0.29, 0.717) is 11.6 Å². The molecule has 120 valence electrons. The Balaban J connectivity index is 1.67. The van der Waals surface area contributed by atoms with Crippen LogP contribution in [0.2, 0.25) is 0 Å². The summed E-state index contributed by atoms with van der Waals surface area (Å²) in [6.07, 6.45) is 3.83. The highest BCUT2D eigenvalue weighted by molar-refractivity contribution is 9.10. The molecule has 3 rings (SSSR count). The number of amides is 1. The fraction of sp³-hybridized carbons (Fsp3) is 0.316. The van der Waals surface area contributed by atoms with Crippen LogP contribution in [0, 0.1) is 0 Å². The van der Waals surface area contributed by atoms with Gasteiger partial charge in [0.1, 0.15) is 0 Å². The quantitative estimate of drug-likeness (QED) is 0.814. The number of piperidine rings is 1. The summed E-state index contributed by atoms with van der Waals surface area (Å²) in [4.78, 5) is 14.7. The molecule has 0 unspecified atom stereocenters. The number of benzene rings is 2. The summed E-state index contributed by atoms with van der Waals surface area (Å²) in [5.74, 6) is -0.0865. The Morgan fingerprint density at radius 1 is 1.09 bits per heavy atom. The summed E-state index contributed by atoms with van der Waals surface area (Å²) in [5, 5.41) is 2.95. The Bertz CT molecular complexity index is 667. The molecule has 3 nitrogen and oxygen atoms in total. The van der Waals surface area contributed by atoms with E-state index in [2.05, 4.69) is 45.2 Å². The maximum absolute atomic E-state index is 12.2. The van der Waals surface area contributed by atoms with Gasteiger partial charge in [0.25, 0.3) is 5.91 Å². The van der Waals surface area contributed by atoms with Gasteiger partial charge < -0.3 is 10.2 Å². The molecule has 2 aromatic carbocycles. The van der Waals surface area contributed by atoms with Crippen molar-refractivity contribution in [1.82, 2.24) is 0 Å². The van der Waals surface area contributed by atoms with Gasteiger partial charge in [-0.15, -0.1) is 0 Å². The minimum atomic E-state index is -0.0865. The summed E-state index contributed by atoms with van der Waals surface area (Å²) < 4.78 is 0.967. The van der Waals surface area contributed by atoms with E-state index in [1.165, 1.54) is 24.9 Å². The van der Waals surface area contributed by atoms with Crippen LogP contribution in [0.5, 0.6) is 0 Å². The van der Waals surface area contributed by atoms with Crippen LogP contribution >= 0.6 is 15.9 Å². The molecule has 1 amide bonds. The smallest absolute Gasteiger partial charge is 0.255 e. The van der Waals surface area contributed by atoms with E-state index in [1.807, 2.05) is 36.4 Å². The molecule has 1 aliphatic rings. The fourth-order valence-electron chi connectivity index (χ4n) is 3.02. The first-order chi connectivity index (χ1) is 11.1. The van der Waals surface area contributed by atoms with Crippen molar-refractivity contribution in [3.8, 4) is 0 Å². The Hall–Kier alpha value is -1.81. The van der Waals surface area contributed by atoms with E-state index in [-0.39, 0.29) is 5.91 Å². The average molecular weight is 373 g/mol. The lowest BCUT2D eigenvalue weighted by Gasteiger charge is -2.35. The first kappa shape index (κ1) is 16.1. The number of hydrogen-bond donors (Lipinski definition) is 1. The lowest BCUT2D eigenvalue weighted by atomic mass is 10.0. The molecule has 1 aliphatic heterocycles. The van der Waals surface area contributed by atoms with Crippen molar-refractivity contribution in [3.05, 3.63) is 58.6 Å². The summed E-state index contributed by atoms with van der Waals surface area (Å²) in [6, 6.07) is 16.1. The Kier molecular flexibility index (Phi) is 5.01. The molecule has 4 heteroatoms. The fourth-order valence-corrected chi connectivity index (χ4v) is 3.29. The van der Waals surface area contributed by atoms with E-state index in [9.17, 15) is 4.79 Å². The molecule has 2 aromatic rings. The van der Waals surface area contributed by atoms with E-state index >= 15 is 0 Å². The Morgan fingerprint density at radius 3 is 2.43 bits per heavy atom. The maximum atomic E-state index is 12.2. The monoisotopic (exact) mass is 372 g/mol. The number of anilines is 2. The molecule has 0 saturated carbocycles. The predicted molar refractivity (Wildman–Crippen MR) is 99.2 cm³/mol. The van der Waals surface area contributed by atoms with Crippen molar-refractivity contribution >= 4 is 33.2 Å². The number of hydrogen-bond acceptors (Lipinski definition) is 2. The Morgan fingerprint density at radius 2 is 1.78 bits per heavy atom. The molecule has 0 spiro atoms. The van der Waals surface area contributed by atoms with Gasteiger partial charge in [-0.05, 0) is 74.7 Å². The van der Waals surface area contributed by atoms with E-state index in [1.54, 1.807) is 0 Å². The maximum Gasteiger partial charge on any atom is 0.255 e. The molecule has 23 heavy (non-hydrogen) atoms. The second kappa shape index (κ2) is 7.18. The zero-order valence-electron chi connectivity index (χ0n) is 13.3. The van der Waals surface area contributed by atoms with Gasteiger partial charge in [0.2, 0.25) is 0 Å². The van der Waals surface area contributed by atoms with Gasteiger partial charge in [-0.3, -0.25) is 4.79 Å². The van der Waals surface area contributed by atoms with Gasteiger partial charge in [0, 0.05) is 34.0 Å². The van der Waals surface area contributed by atoms with Crippen molar-refractivity contribution in [1.29, 1.82) is 0 Å². The molecule has 1 atom stereocenters. The van der Waals surface area contributed by atoms with Crippen LogP contribution in [0.25, 0.3) is 0 Å². The van der Waals surface area contributed by atoms with Crippen LogP contribution in [0.3, 0.4) is 0 Å². The van der Waals surface area contributed by atoms with E-state index in [4.69, 9.17) is 0 Å². The Labute approximate surface area is 145 Å². The summed E-state index contributed by atoms with van der Waals surface area (Å²) in [7, 11) is 0. The lowest BCUT2D eigenvalue weighted by Crippen LogP contribution is -2.37. The first-order valence-corrected chi connectivity index (χ1v) is 8.86. The third kappa shape index (κ3) is 3.94. The molecular formula is C19H21BrN2O. The third-order valence-electron chi connectivity index (χ3n) is 4.37. The molecule has 0 aliphatic carbocycles. The van der Waals surface area contributed by atoms with E-state index < -0.39 is 0 Å². The standard InChI is InChI=1S/C19H21BrN2O/c1-14-4-2-3-13-22(14)18-11-9-17(10-12-18)21-19(23)15-5-7-16(20)8-6-15/h5-12,14H,2-4,13H2,1H3,(H,21,23)/t14-/m0/s1. The number of carbonyl (C=O) groups is 1. The van der Waals surface area contributed by atoms with Gasteiger partial charge in [0.05, 0.1) is 0 Å². The number of halogens is 1. The van der Waals surface area contributed by atoms with Gasteiger partial charge >= 0.3 is 0 Å². The van der Waals surface area contributed by atoms with Gasteiger partial charge in [-0.2, -0.15) is 0 Å². The van der Waals surface area contributed by atoms with Crippen molar-refractivity contribution in [3.63, 3.8) is 0 Å². The van der Waals surface area contributed by atoms with Gasteiger partial charge in [-0.1, -0.05) is 15.9 Å². The molecular weight excluding hydrogens is 352 g/mol. The third-order valence-corrected chi connectivity index (χ3v) is 4.89. The van der Waals surface area contributed by atoms with Crippen LogP contribution in [0.15, 0.2) is 53.0 Å². The highest BCUT2D eigenvalue weighted by Gasteiger charge is 2.18. The molecule has 1 heterocycles. The SMILES string of the molecule is C[C@H]1CCCCN1c1ccc(NC(=O)c2ccc(Br)cc2)cc1. The van der Waals surface area contributed by atoms with Crippen LogP contribution in [0.1, 0.15) is 36.5 Å². The molecule has 0 radical (unpaired) electrons. The second-order valence-electron chi connectivity index (χ2n) is 6.05. The summed E-state index contributed by atoms with van der Waals surface area (Å²) >= 11 is 3.38. The van der Waals surface area contributed by atoms with Crippen molar-refractivity contribution in [2.45, 2.75) is 32.2 Å². The van der Waals surface area contributed by atoms with Gasteiger partial charge in [0.15, 0.2) is 0 Å². The van der Waals surface area contributed by atoms with Crippen molar-refractivity contribution in [2.24, 2.45) is 0 Å². The highest BCUT2D eigenvalue weighted by atomic mass is 79.9. The number of nitrogens with zero attached hydrogens (tertiary/aromatic N) is 1. The summed E-state index contributed by atoms with van der Waals surface area (Å²) in [5.41, 5.74) is 2.71. The van der Waals surface area contributed by atoms with Crippen LogP contribution in [0.4, 0.5) is 11.4 Å². The topological polar surface area (TPSA) is 32.3 Å². The van der Waals surface area contributed by atoms with Crippen molar-refractivity contribution < 1.29 is 4.79 Å². The number of rotatable bonds is 3. The van der Waals surface area contributed by atoms with Crippen LogP contribution < -0.4 is 10.2 Å². The molecule has 0 aromatic heterocycles. The minimum absolute atomic E-state index is 0.0865. The van der Waals surface area contributed by atoms with Crippen LogP contribution in [-0.2, 0) is 0 Å². The number of carbonyl (C=O) groups excluding carboxylic acids is 1. The molecule has 0 bridgehead atoms. The van der Waals surface area contributed by atoms with Crippen LogP contribution in [-0.4, -0.2) is 18.5 Å². The zero-order valence-corrected chi connectivity index (χ0v) is 14.8. The average Bonchev–Trinajstić information content (AvgIpc) is 2.57. The lowest BCUT2D eigenvalue weighted by molar-refractivity contribution is 0.102. The molecule has 1 saturated heterocycles. The zero-order chi connectivity index (χ0) is 16.2. The minimum Gasteiger partial charge on any atom is -0.369 e. The first-order valence-electron chi connectivity index (χ1n) is 8.07. The number of nitrogens with one attached hydrogen (secondary N) is 1. The molecule has 1 fully saturated rings.